The molecule has 0 fully saturated rings. The summed E-state index contributed by atoms with van der Waals surface area (Å²) >= 11 is 1.58. The number of hydrogen-bond acceptors (Lipinski definition) is 4. The summed E-state index contributed by atoms with van der Waals surface area (Å²) in [6.45, 7) is 6.20. The minimum atomic E-state index is 0.278. The van der Waals surface area contributed by atoms with E-state index in [-0.39, 0.29) is 5.75 Å². The maximum absolute atomic E-state index is 9.54. The lowest BCUT2D eigenvalue weighted by atomic mass is 10.2. The summed E-state index contributed by atoms with van der Waals surface area (Å²) in [5.74, 6) is 0.278. The van der Waals surface area contributed by atoms with Crippen LogP contribution in [0.5, 0.6) is 5.75 Å². The van der Waals surface area contributed by atoms with Gasteiger partial charge in [0.1, 0.15) is 10.8 Å². The van der Waals surface area contributed by atoms with Gasteiger partial charge in [-0.3, -0.25) is 0 Å². The molecular formula is C21H22N2OS. The summed E-state index contributed by atoms with van der Waals surface area (Å²) in [4.78, 5) is 6.64. The first kappa shape index (κ1) is 17.2. The number of benzene rings is 1. The van der Waals surface area contributed by atoms with Crippen LogP contribution in [0.3, 0.4) is 0 Å². The number of allylic oxidation sites excluding steroid dienone is 7. The highest BCUT2D eigenvalue weighted by Gasteiger charge is 2.20. The SMILES string of the molecule is C=C(/C=C\C(=C/C)N(C)C)C1=C(/C=C/c2nc3ccc(O)cc3s2)C1. The molecule has 1 aromatic heterocycles. The van der Waals surface area contributed by atoms with Crippen molar-refractivity contribution in [2.75, 3.05) is 14.1 Å². The maximum Gasteiger partial charge on any atom is 0.117 e. The fourth-order valence-electron chi connectivity index (χ4n) is 2.59. The summed E-state index contributed by atoms with van der Waals surface area (Å²) in [7, 11) is 4.06. The Kier molecular flexibility index (Phi) is 4.91. The first-order valence-electron chi connectivity index (χ1n) is 8.18. The van der Waals surface area contributed by atoms with Crippen LogP contribution in [-0.2, 0) is 0 Å². The van der Waals surface area contributed by atoms with Crippen LogP contribution in [0.4, 0.5) is 0 Å². The number of hydrogen-bond donors (Lipinski definition) is 1. The van der Waals surface area contributed by atoms with Gasteiger partial charge in [0.2, 0.25) is 0 Å². The van der Waals surface area contributed by atoms with Crippen molar-refractivity contribution >= 4 is 27.6 Å². The van der Waals surface area contributed by atoms with Gasteiger partial charge in [-0.1, -0.05) is 24.8 Å². The summed E-state index contributed by atoms with van der Waals surface area (Å²) in [5.41, 5.74) is 5.76. The number of nitrogens with zero attached hydrogens (tertiary/aromatic N) is 2. The average Bonchev–Trinajstić information content (AvgIpc) is 3.24. The first-order valence-corrected chi connectivity index (χ1v) is 9.00. The van der Waals surface area contributed by atoms with Gasteiger partial charge in [-0.15, -0.1) is 11.3 Å². The summed E-state index contributed by atoms with van der Waals surface area (Å²) in [6.07, 6.45) is 11.4. The zero-order valence-electron chi connectivity index (χ0n) is 14.8. The predicted molar refractivity (Wildman–Crippen MR) is 108 cm³/mol. The third kappa shape index (κ3) is 4.09. The molecule has 1 heterocycles. The van der Waals surface area contributed by atoms with E-state index >= 15 is 0 Å². The molecule has 0 spiro atoms. The fraction of sp³-hybridized carbons (Fsp3) is 0.190. The Hall–Kier alpha value is -2.59. The smallest absolute Gasteiger partial charge is 0.117 e. The number of thiazole rings is 1. The molecule has 4 heteroatoms. The molecule has 0 atom stereocenters. The van der Waals surface area contributed by atoms with Gasteiger partial charge >= 0.3 is 0 Å². The normalized spacial score (nSPS) is 14.9. The lowest BCUT2D eigenvalue weighted by molar-refractivity contribution is 0.476. The molecule has 1 aliphatic rings. The van der Waals surface area contributed by atoms with E-state index in [1.165, 1.54) is 11.1 Å². The van der Waals surface area contributed by atoms with E-state index in [1.807, 2.05) is 33.2 Å². The van der Waals surface area contributed by atoms with Crippen molar-refractivity contribution in [2.24, 2.45) is 0 Å². The van der Waals surface area contributed by atoms with Crippen LogP contribution in [0.15, 0.2) is 71.5 Å². The third-order valence-electron chi connectivity index (χ3n) is 4.10. The van der Waals surface area contributed by atoms with Gasteiger partial charge < -0.3 is 10.0 Å². The van der Waals surface area contributed by atoms with Gasteiger partial charge in [-0.05, 0) is 60.4 Å². The second kappa shape index (κ2) is 7.11. The molecule has 128 valence electrons. The summed E-state index contributed by atoms with van der Waals surface area (Å²) in [6, 6.07) is 5.26. The number of aromatic nitrogens is 1. The Labute approximate surface area is 152 Å². The monoisotopic (exact) mass is 350 g/mol. The zero-order valence-corrected chi connectivity index (χ0v) is 15.6. The molecule has 3 rings (SSSR count). The van der Waals surface area contributed by atoms with Crippen molar-refractivity contribution in [1.82, 2.24) is 9.88 Å². The maximum atomic E-state index is 9.54. The van der Waals surface area contributed by atoms with Crippen LogP contribution in [0.1, 0.15) is 18.4 Å². The van der Waals surface area contributed by atoms with Gasteiger partial charge in [-0.2, -0.15) is 0 Å². The van der Waals surface area contributed by atoms with Crippen LogP contribution in [-0.4, -0.2) is 29.1 Å². The van der Waals surface area contributed by atoms with E-state index in [9.17, 15) is 5.11 Å². The number of aromatic hydroxyl groups is 1. The van der Waals surface area contributed by atoms with Gasteiger partial charge in [-0.25, -0.2) is 4.98 Å². The van der Waals surface area contributed by atoms with Crippen LogP contribution >= 0.6 is 11.3 Å². The molecule has 3 nitrogen and oxygen atoms in total. The van der Waals surface area contributed by atoms with Crippen molar-refractivity contribution < 1.29 is 5.11 Å². The average molecular weight is 350 g/mol. The molecule has 0 radical (unpaired) electrons. The number of phenols is 1. The molecule has 0 unspecified atom stereocenters. The van der Waals surface area contributed by atoms with E-state index in [0.717, 1.165) is 32.9 Å². The Bertz CT molecular complexity index is 942. The molecule has 25 heavy (non-hydrogen) atoms. The number of phenolic OH excluding ortho intramolecular Hbond substituents is 1. The molecular weight excluding hydrogens is 328 g/mol. The van der Waals surface area contributed by atoms with E-state index < -0.39 is 0 Å². The molecule has 0 amide bonds. The summed E-state index contributed by atoms with van der Waals surface area (Å²) in [5, 5.41) is 10.5. The topological polar surface area (TPSA) is 36.4 Å². The highest BCUT2D eigenvalue weighted by molar-refractivity contribution is 7.19. The molecule has 0 bridgehead atoms. The molecule has 0 aliphatic heterocycles. The molecule has 1 N–H and O–H groups in total. The molecule has 0 saturated heterocycles. The van der Waals surface area contributed by atoms with Gasteiger partial charge in [0.05, 0.1) is 10.2 Å². The highest BCUT2D eigenvalue weighted by Crippen LogP contribution is 2.38. The van der Waals surface area contributed by atoms with Crippen LogP contribution in [0, 0.1) is 0 Å². The number of fused-ring (bicyclic) bond motifs is 1. The van der Waals surface area contributed by atoms with E-state index in [4.69, 9.17) is 0 Å². The Morgan fingerprint density at radius 3 is 2.80 bits per heavy atom. The van der Waals surface area contributed by atoms with Crippen molar-refractivity contribution in [1.29, 1.82) is 0 Å². The molecule has 2 aromatic rings. The fourth-order valence-corrected chi connectivity index (χ4v) is 3.49. The molecule has 1 aromatic carbocycles. The van der Waals surface area contributed by atoms with Crippen molar-refractivity contribution in [3.8, 4) is 5.75 Å². The van der Waals surface area contributed by atoms with Crippen LogP contribution < -0.4 is 0 Å². The second-order valence-corrected chi connectivity index (χ2v) is 7.25. The van der Waals surface area contributed by atoms with Crippen molar-refractivity contribution in [2.45, 2.75) is 13.3 Å². The third-order valence-corrected chi connectivity index (χ3v) is 5.08. The Morgan fingerprint density at radius 2 is 2.08 bits per heavy atom. The van der Waals surface area contributed by atoms with Crippen LogP contribution in [0.2, 0.25) is 0 Å². The second-order valence-electron chi connectivity index (χ2n) is 6.18. The minimum absolute atomic E-state index is 0.278. The van der Waals surface area contributed by atoms with E-state index in [0.29, 0.717) is 0 Å². The lowest BCUT2D eigenvalue weighted by Gasteiger charge is -2.12. The molecule has 0 saturated carbocycles. The van der Waals surface area contributed by atoms with Crippen molar-refractivity contribution in [3.63, 3.8) is 0 Å². The zero-order chi connectivity index (χ0) is 18.0. The quantitative estimate of drug-likeness (QED) is 0.719. The highest BCUT2D eigenvalue weighted by atomic mass is 32.1. The minimum Gasteiger partial charge on any atom is -0.508 e. The largest absolute Gasteiger partial charge is 0.508 e. The Balaban J connectivity index is 1.69. The van der Waals surface area contributed by atoms with Crippen LogP contribution in [0.25, 0.3) is 16.3 Å². The van der Waals surface area contributed by atoms with Gasteiger partial charge in [0.25, 0.3) is 0 Å². The van der Waals surface area contributed by atoms with Crippen molar-refractivity contribution in [3.05, 3.63) is 76.5 Å². The summed E-state index contributed by atoms with van der Waals surface area (Å²) < 4.78 is 1.000. The van der Waals surface area contributed by atoms with Gasteiger partial charge in [0.15, 0.2) is 0 Å². The van der Waals surface area contributed by atoms with Gasteiger partial charge in [0, 0.05) is 19.8 Å². The molecule has 1 aliphatic carbocycles. The van der Waals surface area contributed by atoms with E-state index in [1.54, 1.807) is 23.5 Å². The Morgan fingerprint density at radius 1 is 1.28 bits per heavy atom. The number of likely N-dealkylation sites (N-methyl/N-ethyl adjacent to an activating group) is 1. The predicted octanol–water partition coefficient (Wildman–Crippen LogP) is 5.29. The standard InChI is InChI=1S/C21H22N2OS/c1-5-16(23(3)4)8-6-14(2)18-12-15(18)7-11-21-22-19-10-9-17(24)13-20(19)25-21/h5-11,13,24H,2,12H2,1,3-4H3/b8-6-,11-7+,16-5+. The lowest BCUT2D eigenvalue weighted by Crippen LogP contribution is -2.08. The van der Waals surface area contributed by atoms with E-state index in [2.05, 4.69) is 40.8 Å². The number of rotatable bonds is 6. The first-order chi connectivity index (χ1) is 12.0.